The Labute approximate surface area is 123 Å². The molecule has 1 atom stereocenters. The lowest BCUT2D eigenvalue weighted by atomic mass is 10.1. The molecular weight excluding hydrogens is 272 g/mol. The molecule has 2 heterocycles. The number of carbonyl (C=O) groups excluding carboxylic acids is 2. The number of rotatable bonds is 5. The second-order valence-corrected chi connectivity index (χ2v) is 6.75. The van der Waals surface area contributed by atoms with Gasteiger partial charge in [-0.25, -0.2) is 0 Å². The van der Waals surface area contributed by atoms with E-state index in [9.17, 15) is 9.59 Å². The molecule has 0 spiro atoms. The van der Waals surface area contributed by atoms with Gasteiger partial charge in [0.1, 0.15) is 0 Å². The zero-order valence-corrected chi connectivity index (χ0v) is 12.5. The SMILES string of the molecule is Cc1ccsc1CCNC(=O)[C@@H]1CC(=O)N(C2CC2)C1. The van der Waals surface area contributed by atoms with Crippen LogP contribution in [0.5, 0.6) is 0 Å². The molecule has 1 saturated heterocycles. The summed E-state index contributed by atoms with van der Waals surface area (Å²) >= 11 is 1.73. The van der Waals surface area contributed by atoms with Gasteiger partial charge in [0.2, 0.25) is 11.8 Å². The number of hydrogen-bond donors (Lipinski definition) is 1. The van der Waals surface area contributed by atoms with E-state index in [1.165, 1.54) is 10.4 Å². The molecular formula is C15H20N2O2S. The van der Waals surface area contributed by atoms with Gasteiger partial charge >= 0.3 is 0 Å². The van der Waals surface area contributed by atoms with Crippen molar-refractivity contribution >= 4 is 23.2 Å². The summed E-state index contributed by atoms with van der Waals surface area (Å²) in [5, 5.41) is 5.06. The van der Waals surface area contributed by atoms with E-state index in [-0.39, 0.29) is 17.7 Å². The van der Waals surface area contributed by atoms with Crippen LogP contribution in [0, 0.1) is 12.8 Å². The van der Waals surface area contributed by atoms with E-state index in [1.807, 2.05) is 4.90 Å². The van der Waals surface area contributed by atoms with Crippen LogP contribution in [0.15, 0.2) is 11.4 Å². The highest BCUT2D eigenvalue weighted by molar-refractivity contribution is 7.10. The maximum Gasteiger partial charge on any atom is 0.225 e. The number of nitrogens with one attached hydrogen (secondary N) is 1. The van der Waals surface area contributed by atoms with Gasteiger partial charge in [-0.1, -0.05) is 0 Å². The van der Waals surface area contributed by atoms with Crippen molar-refractivity contribution in [2.24, 2.45) is 5.92 Å². The van der Waals surface area contributed by atoms with Crippen LogP contribution in [0.1, 0.15) is 29.7 Å². The Kier molecular flexibility index (Phi) is 3.78. The van der Waals surface area contributed by atoms with Crippen molar-refractivity contribution in [2.75, 3.05) is 13.1 Å². The first-order chi connectivity index (χ1) is 9.65. The summed E-state index contributed by atoms with van der Waals surface area (Å²) in [5.74, 6) is 0.0463. The van der Waals surface area contributed by atoms with Gasteiger partial charge in [0.25, 0.3) is 0 Å². The monoisotopic (exact) mass is 292 g/mol. The molecule has 4 nitrogen and oxygen atoms in total. The smallest absolute Gasteiger partial charge is 0.225 e. The number of carbonyl (C=O) groups is 2. The van der Waals surface area contributed by atoms with Gasteiger partial charge in [-0.2, -0.15) is 0 Å². The fourth-order valence-corrected chi connectivity index (χ4v) is 3.66. The molecule has 1 aromatic rings. The third-order valence-corrected chi connectivity index (χ3v) is 5.22. The van der Waals surface area contributed by atoms with Crippen LogP contribution in [-0.2, 0) is 16.0 Å². The van der Waals surface area contributed by atoms with Crippen LogP contribution in [-0.4, -0.2) is 35.8 Å². The second kappa shape index (κ2) is 5.56. The number of likely N-dealkylation sites (tertiary alicyclic amines) is 1. The van der Waals surface area contributed by atoms with Crippen LogP contribution in [0.3, 0.4) is 0 Å². The van der Waals surface area contributed by atoms with Crippen molar-refractivity contribution in [3.63, 3.8) is 0 Å². The maximum atomic E-state index is 12.1. The summed E-state index contributed by atoms with van der Waals surface area (Å²) in [4.78, 5) is 27.2. The summed E-state index contributed by atoms with van der Waals surface area (Å²) in [6.07, 6.45) is 3.48. The molecule has 1 saturated carbocycles. The molecule has 1 N–H and O–H groups in total. The minimum atomic E-state index is -0.146. The first-order valence-electron chi connectivity index (χ1n) is 7.25. The largest absolute Gasteiger partial charge is 0.355 e. The first-order valence-corrected chi connectivity index (χ1v) is 8.13. The molecule has 2 amide bonds. The summed E-state index contributed by atoms with van der Waals surface area (Å²) in [6.45, 7) is 3.37. The van der Waals surface area contributed by atoms with E-state index in [0.29, 0.717) is 25.6 Å². The Balaban J connectivity index is 1.45. The van der Waals surface area contributed by atoms with Crippen LogP contribution >= 0.6 is 11.3 Å². The van der Waals surface area contributed by atoms with Crippen molar-refractivity contribution in [1.29, 1.82) is 0 Å². The molecule has 0 radical (unpaired) electrons. The van der Waals surface area contributed by atoms with E-state index >= 15 is 0 Å². The van der Waals surface area contributed by atoms with Crippen LogP contribution < -0.4 is 5.32 Å². The summed E-state index contributed by atoms with van der Waals surface area (Å²) in [7, 11) is 0. The average molecular weight is 292 g/mol. The van der Waals surface area contributed by atoms with Gasteiger partial charge in [0.15, 0.2) is 0 Å². The Morgan fingerprint density at radius 2 is 2.30 bits per heavy atom. The number of aryl methyl sites for hydroxylation is 1. The molecule has 1 aliphatic heterocycles. The van der Waals surface area contributed by atoms with E-state index in [4.69, 9.17) is 0 Å². The molecule has 3 rings (SSSR count). The van der Waals surface area contributed by atoms with E-state index < -0.39 is 0 Å². The quantitative estimate of drug-likeness (QED) is 0.898. The average Bonchev–Trinajstić information content (AvgIpc) is 3.08. The zero-order chi connectivity index (χ0) is 14.1. The lowest BCUT2D eigenvalue weighted by Gasteiger charge is -2.15. The molecule has 5 heteroatoms. The first kappa shape index (κ1) is 13.6. The van der Waals surface area contributed by atoms with Gasteiger partial charge in [0, 0.05) is 30.4 Å². The fraction of sp³-hybridized carbons (Fsp3) is 0.600. The zero-order valence-electron chi connectivity index (χ0n) is 11.7. The Morgan fingerprint density at radius 3 is 2.95 bits per heavy atom. The molecule has 2 fully saturated rings. The lowest BCUT2D eigenvalue weighted by Crippen LogP contribution is -2.34. The number of thiophene rings is 1. The van der Waals surface area contributed by atoms with E-state index in [2.05, 4.69) is 23.7 Å². The van der Waals surface area contributed by atoms with Crippen molar-refractivity contribution in [3.8, 4) is 0 Å². The van der Waals surface area contributed by atoms with Gasteiger partial charge in [-0.3, -0.25) is 9.59 Å². The molecule has 108 valence electrons. The highest BCUT2D eigenvalue weighted by Crippen LogP contribution is 2.32. The van der Waals surface area contributed by atoms with Crippen molar-refractivity contribution in [2.45, 2.75) is 38.6 Å². The fourth-order valence-electron chi connectivity index (χ4n) is 2.75. The molecule has 2 aliphatic rings. The van der Waals surface area contributed by atoms with Crippen LogP contribution in [0.2, 0.25) is 0 Å². The second-order valence-electron chi connectivity index (χ2n) is 5.75. The number of nitrogens with zero attached hydrogens (tertiary/aromatic N) is 1. The Bertz CT molecular complexity index is 522. The van der Waals surface area contributed by atoms with Crippen LogP contribution in [0.4, 0.5) is 0 Å². The van der Waals surface area contributed by atoms with Crippen molar-refractivity contribution < 1.29 is 9.59 Å². The molecule has 1 aliphatic carbocycles. The third kappa shape index (κ3) is 2.87. The lowest BCUT2D eigenvalue weighted by molar-refractivity contribution is -0.129. The van der Waals surface area contributed by atoms with Crippen LogP contribution in [0.25, 0.3) is 0 Å². The Morgan fingerprint density at radius 1 is 1.50 bits per heavy atom. The standard InChI is InChI=1S/C15H20N2O2S/c1-10-5-7-20-13(10)4-6-16-15(19)11-8-14(18)17(9-11)12-2-3-12/h5,7,11-12H,2-4,6,8-9H2,1H3,(H,16,19)/t11-/m1/s1. The normalized spacial score (nSPS) is 22.4. The summed E-state index contributed by atoms with van der Waals surface area (Å²) in [6, 6.07) is 2.53. The summed E-state index contributed by atoms with van der Waals surface area (Å²) < 4.78 is 0. The highest BCUT2D eigenvalue weighted by atomic mass is 32.1. The maximum absolute atomic E-state index is 12.1. The summed E-state index contributed by atoms with van der Waals surface area (Å²) in [5.41, 5.74) is 1.29. The third-order valence-electron chi connectivity index (χ3n) is 4.14. The van der Waals surface area contributed by atoms with Gasteiger partial charge in [-0.05, 0) is 43.2 Å². The Hall–Kier alpha value is -1.36. The predicted molar refractivity (Wildman–Crippen MR) is 78.6 cm³/mol. The number of hydrogen-bond acceptors (Lipinski definition) is 3. The van der Waals surface area contributed by atoms with Crippen molar-refractivity contribution in [3.05, 3.63) is 21.9 Å². The predicted octanol–water partition coefficient (Wildman–Crippen LogP) is 1.73. The van der Waals surface area contributed by atoms with Gasteiger partial charge < -0.3 is 10.2 Å². The van der Waals surface area contributed by atoms with Crippen molar-refractivity contribution in [1.82, 2.24) is 10.2 Å². The topological polar surface area (TPSA) is 49.4 Å². The van der Waals surface area contributed by atoms with Gasteiger partial charge in [-0.15, -0.1) is 11.3 Å². The van der Waals surface area contributed by atoms with E-state index in [1.54, 1.807) is 11.3 Å². The van der Waals surface area contributed by atoms with Gasteiger partial charge in [0.05, 0.1) is 5.92 Å². The van der Waals surface area contributed by atoms with E-state index in [0.717, 1.165) is 19.3 Å². The minimum absolute atomic E-state index is 0.0377. The highest BCUT2D eigenvalue weighted by Gasteiger charge is 2.41. The molecule has 0 aromatic carbocycles. The molecule has 1 aromatic heterocycles. The molecule has 0 bridgehead atoms. The molecule has 0 unspecified atom stereocenters. The molecule has 20 heavy (non-hydrogen) atoms. The minimum Gasteiger partial charge on any atom is -0.355 e. The number of amides is 2.